The van der Waals surface area contributed by atoms with Crippen LogP contribution in [0.15, 0.2) is 6.08 Å². The maximum atomic E-state index is 6.94. The number of allylic oxidation sites excluding steroid dienone is 1. The Labute approximate surface area is 116 Å². The van der Waals surface area contributed by atoms with E-state index < -0.39 is 0 Å². The van der Waals surface area contributed by atoms with Crippen LogP contribution in [-0.2, 0) is 0 Å². The summed E-state index contributed by atoms with van der Waals surface area (Å²) in [6.45, 7) is 9.22. The van der Waals surface area contributed by atoms with Gasteiger partial charge in [-0.2, -0.15) is 0 Å². The van der Waals surface area contributed by atoms with Crippen LogP contribution in [0.4, 0.5) is 0 Å². The highest BCUT2D eigenvalue weighted by atomic mass is 14.0. The van der Waals surface area contributed by atoms with Crippen molar-refractivity contribution in [1.82, 2.24) is 0 Å². The lowest BCUT2D eigenvalue weighted by Gasteiger charge is -2.02. The SMILES string of the molecule is [C]=CCCCCCCCCCCCCCCCC. The molecule has 0 nitrogen and oxygen atoms in total. The Balaban J connectivity index is 2.88. The van der Waals surface area contributed by atoms with Gasteiger partial charge in [-0.25, -0.2) is 0 Å². The van der Waals surface area contributed by atoms with Gasteiger partial charge >= 0.3 is 0 Å². The zero-order chi connectivity index (χ0) is 13.3. The third-order valence-electron chi connectivity index (χ3n) is 3.70. The van der Waals surface area contributed by atoms with Crippen LogP contribution in [0.2, 0.25) is 0 Å². The third kappa shape index (κ3) is 15.7. The Morgan fingerprint density at radius 1 is 0.556 bits per heavy atom. The van der Waals surface area contributed by atoms with E-state index in [-0.39, 0.29) is 0 Å². The quantitative estimate of drug-likeness (QED) is 0.283. The van der Waals surface area contributed by atoms with Crippen molar-refractivity contribution >= 4 is 0 Å². The van der Waals surface area contributed by atoms with Crippen LogP contribution in [0.3, 0.4) is 0 Å². The first-order valence-electron chi connectivity index (χ1n) is 8.40. The second kappa shape index (κ2) is 16.7. The molecule has 0 bridgehead atoms. The van der Waals surface area contributed by atoms with E-state index in [1.54, 1.807) is 6.08 Å². The minimum Gasteiger partial charge on any atom is -0.0760 e. The Morgan fingerprint density at radius 2 is 0.889 bits per heavy atom. The summed E-state index contributed by atoms with van der Waals surface area (Å²) < 4.78 is 0. The van der Waals surface area contributed by atoms with Crippen LogP contribution in [0.5, 0.6) is 0 Å². The van der Waals surface area contributed by atoms with Crippen LogP contribution in [-0.4, -0.2) is 0 Å². The molecule has 0 heterocycles. The predicted molar refractivity (Wildman–Crippen MR) is 82.7 cm³/mol. The van der Waals surface area contributed by atoms with Crippen molar-refractivity contribution in [3.05, 3.63) is 12.7 Å². The molecule has 0 amide bonds. The molecule has 0 aromatic rings. The van der Waals surface area contributed by atoms with Crippen molar-refractivity contribution in [2.75, 3.05) is 0 Å². The fourth-order valence-corrected chi connectivity index (χ4v) is 2.44. The van der Waals surface area contributed by atoms with Crippen LogP contribution < -0.4 is 0 Å². The summed E-state index contributed by atoms with van der Waals surface area (Å²) in [4.78, 5) is 0. The molecule has 0 atom stereocenters. The fourth-order valence-electron chi connectivity index (χ4n) is 2.44. The molecule has 0 aromatic carbocycles. The molecule has 0 fully saturated rings. The normalized spacial score (nSPS) is 10.7. The first-order valence-corrected chi connectivity index (χ1v) is 8.40. The van der Waals surface area contributed by atoms with Gasteiger partial charge in [0.15, 0.2) is 0 Å². The van der Waals surface area contributed by atoms with Crippen molar-refractivity contribution in [3.8, 4) is 0 Å². The van der Waals surface area contributed by atoms with Crippen molar-refractivity contribution < 1.29 is 0 Å². The molecule has 0 spiro atoms. The van der Waals surface area contributed by atoms with Crippen LogP contribution in [0.25, 0.3) is 0 Å². The average molecular weight is 250 g/mol. The monoisotopic (exact) mass is 250 g/mol. The topological polar surface area (TPSA) is 0 Å². The molecule has 0 aliphatic rings. The van der Waals surface area contributed by atoms with Gasteiger partial charge in [0.1, 0.15) is 0 Å². The highest BCUT2D eigenvalue weighted by Crippen LogP contribution is 2.13. The van der Waals surface area contributed by atoms with Gasteiger partial charge in [-0.3, -0.25) is 0 Å². The predicted octanol–water partition coefficient (Wildman–Crippen LogP) is 6.72. The van der Waals surface area contributed by atoms with E-state index in [0.29, 0.717) is 0 Å². The Kier molecular flexibility index (Phi) is 16.5. The summed E-state index contributed by atoms with van der Waals surface area (Å²) in [7, 11) is 0. The van der Waals surface area contributed by atoms with E-state index in [9.17, 15) is 0 Å². The third-order valence-corrected chi connectivity index (χ3v) is 3.70. The summed E-state index contributed by atoms with van der Waals surface area (Å²) in [5.74, 6) is 0. The highest BCUT2D eigenvalue weighted by Gasteiger charge is 1.93. The lowest BCUT2D eigenvalue weighted by atomic mass is 10.0. The van der Waals surface area contributed by atoms with Gasteiger partial charge < -0.3 is 0 Å². The smallest absolute Gasteiger partial charge is 0.0146 e. The van der Waals surface area contributed by atoms with Crippen molar-refractivity contribution in [1.29, 1.82) is 0 Å². The second-order valence-corrected chi connectivity index (χ2v) is 5.59. The zero-order valence-corrected chi connectivity index (χ0v) is 12.7. The molecular weight excluding hydrogens is 216 g/mol. The lowest BCUT2D eigenvalue weighted by molar-refractivity contribution is 0.536. The minimum atomic E-state index is 0.984. The van der Waals surface area contributed by atoms with Crippen LogP contribution in [0, 0.1) is 6.58 Å². The molecule has 0 aromatic heterocycles. The van der Waals surface area contributed by atoms with Gasteiger partial charge in [-0.05, 0) is 19.4 Å². The standard InChI is InChI=1S/C18H34/c1-3-5-7-9-11-13-15-17-18-16-14-12-10-8-6-4-2/h4H,3,5-18H2,1H3. The molecule has 0 aliphatic carbocycles. The molecule has 2 radical (unpaired) electrons. The van der Waals surface area contributed by atoms with Crippen molar-refractivity contribution in [2.45, 2.75) is 103 Å². The molecule has 0 N–H and O–H groups in total. The Morgan fingerprint density at radius 3 is 1.22 bits per heavy atom. The molecule has 0 saturated carbocycles. The maximum Gasteiger partial charge on any atom is -0.0146 e. The van der Waals surface area contributed by atoms with Gasteiger partial charge in [-0.1, -0.05) is 96.5 Å². The molecule has 18 heavy (non-hydrogen) atoms. The van der Waals surface area contributed by atoms with E-state index in [1.165, 1.54) is 89.9 Å². The van der Waals surface area contributed by atoms with Gasteiger partial charge in [0.25, 0.3) is 0 Å². The molecule has 0 unspecified atom stereocenters. The van der Waals surface area contributed by atoms with E-state index in [4.69, 9.17) is 6.58 Å². The molecule has 0 aliphatic heterocycles. The van der Waals surface area contributed by atoms with Gasteiger partial charge in [0.2, 0.25) is 0 Å². The summed E-state index contributed by atoms with van der Waals surface area (Å²) in [5.41, 5.74) is 0. The van der Waals surface area contributed by atoms with Gasteiger partial charge in [0, 0.05) is 0 Å². The largest absolute Gasteiger partial charge is 0.0760 e. The minimum absolute atomic E-state index is 0.984. The highest BCUT2D eigenvalue weighted by molar-refractivity contribution is 4.61. The first-order chi connectivity index (χ1) is 8.91. The Bertz CT molecular complexity index is 148. The maximum absolute atomic E-state index is 6.94. The molecule has 0 saturated heterocycles. The number of hydrogen-bond donors (Lipinski definition) is 0. The van der Waals surface area contributed by atoms with Crippen molar-refractivity contribution in [2.24, 2.45) is 0 Å². The lowest BCUT2D eigenvalue weighted by Crippen LogP contribution is -1.83. The summed E-state index contributed by atoms with van der Waals surface area (Å²) in [6.07, 6.45) is 22.3. The van der Waals surface area contributed by atoms with E-state index >= 15 is 0 Å². The summed E-state index contributed by atoms with van der Waals surface area (Å²) in [6, 6.07) is 0. The van der Waals surface area contributed by atoms with Crippen LogP contribution >= 0.6 is 0 Å². The Hall–Kier alpha value is -0.260. The summed E-state index contributed by atoms with van der Waals surface area (Å²) >= 11 is 0. The number of rotatable bonds is 15. The van der Waals surface area contributed by atoms with Gasteiger partial charge in [0.05, 0.1) is 0 Å². The first kappa shape index (κ1) is 17.7. The molecular formula is C18H34. The molecule has 0 heteroatoms. The second-order valence-electron chi connectivity index (χ2n) is 5.59. The summed E-state index contributed by atoms with van der Waals surface area (Å²) in [5, 5.41) is 0. The number of unbranched alkanes of at least 4 members (excludes halogenated alkanes) is 14. The van der Waals surface area contributed by atoms with Crippen molar-refractivity contribution in [3.63, 3.8) is 0 Å². The van der Waals surface area contributed by atoms with E-state index in [0.717, 1.165) is 6.42 Å². The van der Waals surface area contributed by atoms with Crippen LogP contribution in [0.1, 0.15) is 103 Å². The number of hydrogen-bond acceptors (Lipinski definition) is 0. The fraction of sp³-hybridized carbons (Fsp3) is 0.889. The zero-order valence-electron chi connectivity index (χ0n) is 12.7. The van der Waals surface area contributed by atoms with E-state index in [2.05, 4.69) is 6.92 Å². The molecule has 106 valence electrons. The van der Waals surface area contributed by atoms with Gasteiger partial charge in [-0.15, -0.1) is 0 Å². The average Bonchev–Trinajstić information content (AvgIpc) is 2.39. The van der Waals surface area contributed by atoms with E-state index in [1.807, 2.05) is 0 Å². The molecule has 0 rings (SSSR count).